The number of anilines is 1. The van der Waals surface area contributed by atoms with E-state index in [0.717, 1.165) is 30.5 Å². The molecule has 0 aliphatic carbocycles. The van der Waals surface area contributed by atoms with Crippen LogP contribution in [0.1, 0.15) is 17.3 Å². The van der Waals surface area contributed by atoms with Gasteiger partial charge in [-0.2, -0.15) is 14.9 Å². The van der Waals surface area contributed by atoms with E-state index in [0.29, 0.717) is 43.1 Å². The Morgan fingerprint density at radius 2 is 2.16 bits per heavy atom. The van der Waals surface area contributed by atoms with Crippen molar-refractivity contribution in [2.45, 2.75) is 45.4 Å². The lowest BCUT2D eigenvalue weighted by atomic mass is 10.2. The zero-order chi connectivity index (χ0) is 22.0. The SMILES string of the molecule is C[C@@H]1COCCN1c1cc(C=O)c2cnn(-c3ccnn3COCC[Si](C)(C)C)c2n1. The summed E-state index contributed by atoms with van der Waals surface area (Å²) in [6.07, 6.45) is 4.27. The average molecular weight is 443 g/mol. The van der Waals surface area contributed by atoms with E-state index >= 15 is 0 Å². The molecule has 166 valence electrons. The van der Waals surface area contributed by atoms with Gasteiger partial charge in [0, 0.05) is 32.9 Å². The number of hydrogen-bond acceptors (Lipinski definition) is 7. The van der Waals surface area contributed by atoms with Crippen molar-refractivity contribution in [1.29, 1.82) is 0 Å². The van der Waals surface area contributed by atoms with Gasteiger partial charge in [0.2, 0.25) is 0 Å². The first kappa shape index (κ1) is 21.7. The number of carbonyl (C=O) groups is 1. The summed E-state index contributed by atoms with van der Waals surface area (Å²) < 4.78 is 14.9. The minimum Gasteiger partial charge on any atom is -0.377 e. The van der Waals surface area contributed by atoms with Crippen molar-refractivity contribution in [2.75, 3.05) is 31.3 Å². The van der Waals surface area contributed by atoms with Crippen LogP contribution in [0.25, 0.3) is 16.9 Å². The van der Waals surface area contributed by atoms with Crippen molar-refractivity contribution in [2.24, 2.45) is 0 Å². The third-order valence-electron chi connectivity index (χ3n) is 5.47. The highest BCUT2D eigenvalue weighted by molar-refractivity contribution is 6.76. The van der Waals surface area contributed by atoms with E-state index in [-0.39, 0.29) is 6.04 Å². The summed E-state index contributed by atoms with van der Waals surface area (Å²) in [5.41, 5.74) is 1.20. The standard InChI is InChI=1S/C21H30N6O3Si/c1-16-14-29-8-7-25(16)19-11-17(13-28)18-12-23-27(21(18)24-19)20-5-6-22-26(20)15-30-9-10-31(2,3)4/h5-6,11-13,16H,7-10,14-15H2,1-4H3/t16-/m1/s1. The van der Waals surface area contributed by atoms with E-state index in [4.69, 9.17) is 14.5 Å². The quantitative estimate of drug-likeness (QED) is 0.301. The Morgan fingerprint density at radius 1 is 1.32 bits per heavy atom. The lowest BCUT2D eigenvalue weighted by molar-refractivity contribution is 0.0782. The monoisotopic (exact) mass is 442 g/mol. The van der Waals surface area contributed by atoms with E-state index in [1.54, 1.807) is 21.8 Å². The molecule has 0 saturated carbocycles. The first-order valence-electron chi connectivity index (χ1n) is 10.7. The van der Waals surface area contributed by atoms with Crippen LogP contribution in [-0.2, 0) is 16.2 Å². The lowest BCUT2D eigenvalue weighted by Crippen LogP contribution is -2.44. The number of carbonyl (C=O) groups excluding carboxylic acids is 1. The molecule has 9 nitrogen and oxygen atoms in total. The Labute approximate surface area is 183 Å². The van der Waals surface area contributed by atoms with Gasteiger partial charge in [-0.15, -0.1) is 0 Å². The van der Waals surface area contributed by atoms with Crippen LogP contribution >= 0.6 is 0 Å². The predicted molar refractivity (Wildman–Crippen MR) is 122 cm³/mol. The first-order chi connectivity index (χ1) is 14.9. The first-order valence-corrected chi connectivity index (χ1v) is 14.4. The molecular formula is C21H30N6O3Si. The largest absolute Gasteiger partial charge is 0.377 e. The smallest absolute Gasteiger partial charge is 0.167 e. The van der Waals surface area contributed by atoms with Crippen LogP contribution in [0.3, 0.4) is 0 Å². The molecule has 10 heteroatoms. The summed E-state index contributed by atoms with van der Waals surface area (Å²) in [4.78, 5) is 18.9. The number of aldehydes is 1. The van der Waals surface area contributed by atoms with Crippen LogP contribution in [0.2, 0.25) is 25.7 Å². The normalized spacial score (nSPS) is 17.4. The van der Waals surface area contributed by atoms with E-state index in [9.17, 15) is 4.79 Å². The van der Waals surface area contributed by atoms with Crippen molar-refractivity contribution < 1.29 is 14.3 Å². The maximum atomic E-state index is 11.8. The molecule has 4 rings (SSSR count). The molecule has 0 aromatic carbocycles. The molecule has 1 atom stereocenters. The Hall–Kier alpha value is -2.56. The van der Waals surface area contributed by atoms with E-state index < -0.39 is 8.07 Å². The molecular weight excluding hydrogens is 412 g/mol. The summed E-state index contributed by atoms with van der Waals surface area (Å²) >= 11 is 0. The molecule has 3 aromatic rings. The van der Waals surface area contributed by atoms with E-state index in [2.05, 4.69) is 41.7 Å². The summed E-state index contributed by atoms with van der Waals surface area (Å²) in [6.45, 7) is 12.1. The topological polar surface area (TPSA) is 87.3 Å². The fraction of sp³-hybridized carbons (Fsp3) is 0.524. The second-order valence-corrected chi connectivity index (χ2v) is 14.8. The Balaban J connectivity index is 1.65. The number of hydrogen-bond donors (Lipinski definition) is 0. The Bertz CT molecular complexity index is 1060. The maximum Gasteiger partial charge on any atom is 0.167 e. The highest BCUT2D eigenvalue weighted by Crippen LogP contribution is 2.26. The fourth-order valence-corrected chi connectivity index (χ4v) is 4.38. The number of aromatic nitrogens is 5. The molecule has 0 unspecified atom stereocenters. The maximum absolute atomic E-state index is 11.8. The zero-order valence-corrected chi connectivity index (χ0v) is 19.6. The number of pyridine rings is 1. The van der Waals surface area contributed by atoms with E-state index in [1.807, 2.05) is 12.1 Å². The number of ether oxygens (including phenoxy) is 2. The summed E-state index contributed by atoms with van der Waals surface area (Å²) in [7, 11) is -1.15. The van der Waals surface area contributed by atoms with Gasteiger partial charge in [0.15, 0.2) is 17.8 Å². The summed E-state index contributed by atoms with van der Waals surface area (Å²) in [5, 5.41) is 9.64. The molecule has 1 aliphatic rings. The van der Waals surface area contributed by atoms with Crippen molar-refractivity contribution >= 4 is 31.2 Å². The number of morpholine rings is 1. The lowest BCUT2D eigenvalue weighted by Gasteiger charge is -2.34. The van der Waals surface area contributed by atoms with Crippen LogP contribution in [-0.4, -0.2) is 71.3 Å². The van der Waals surface area contributed by atoms with Gasteiger partial charge in [-0.05, 0) is 19.0 Å². The number of nitrogens with zero attached hydrogens (tertiary/aromatic N) is 6. The fourth-order valence-electron chi connectivity index (χ4n) is 3.63. The van der Waals surface area contributed by atoms with Crippen LogP contribution < -0.4 is 4.90 Å². The van der Waals surface area contributed by atoms with Crippen LogP contribution in [0.5, 0.6) is 0 Å². The number of fused-ring (bicyclic) bond motifs is 1. The molecule has 4 heterocycles. The summed E-state index contributed by atoms with van der Waals surface area (Å²) in [6, 6.07) is 4.99. The minimum absolute atomic E-state index is 0.180. The van der Waals surface area contributed by atoms with Crippen molar-refractivity contribution in [1.82, 2.24) is 24.5 Å². The molecule has 0 spiro atoms. The predicted octanol–water partition coefficient (Wildman–Crippen LogP) is 2.97. The Morgan fingerprint density at radius 3 is 2.90 bits per heavy atom. The van der Waals surface area contributed by atoms with Gasteiger partial charge >= 0.3 is 0 Å². The minimum atomic E-state index is -1.15. The second-order valence-electron chi connectivity index (χ2n) is 9.14. The van der Waals surface area contributed by atoms with Gasteiger partial charge < -0.3 is 14.4 Å². The van der Waals surface area contributed by atoms with Crippen LogP contribution in [0.4, 0.5) is 5.82 Å². The average Bonchev–Trinajstić information content (AvgIpc) is 3.36. The molecule has 1 fully saturated rings. The third-order valence-corrected chi connectivity index (χ3v) is 7.17. The number of rotatable bonds is 8. The van der Waals surface area contributed by atoms with Gasteiger partial charge in [-0.3, -0.25) is 4.79 Å². The second kappa shape index (κ2) is 8.89. The highest BCUT2D eigenvalue weighted by Gasteiger charge is 2.23. The molecule has 31 heavy (non-hydrogen) atoms. The van der Waals surface area contributed by atoms with Gasteiger partial charge in [0.25, 0.3) is 0 Å². The van der Waals surface area contributed by atoms with E-state index in [1.165, 1.54) is 0 Å². The molecule has 0 bridgehead atoms. The van der Waals surface area contributed by atoms with Gasteiger partial charge in [-0.25, -0.2) is 9.67 Å². The van der Waals surface area contributed by atoms with Gasteiger partial charge in [-0.1, -0.05) is 19.6 Å². The van der Waals surface area contributed by atoms with Crippen LogP contribution in [0, 0.1) is 0 Å². The van der Waals surface area contributed by atoms with Crippen molar-refractivity contribution in [3.05, 3.63) is 30.1 Å². The van der Waals surface area contributed by atoms with Crippen molar-refractivity contribution in [3.8, 4) is 5.82 Å². The zero-order valence-electron chi connectivity index (χ0n) is 18.6. The highest BCUT2D eigenvalue weighted by atomic mass is 28.3. The van der Waals surface area contributed by atoms with Gasteiger partial charge in [0.1, 0.15) is 12.5 Å². The summed E-state index contributed by atoms with van der Waals surface area (Å²) in [5.74, 6) is 1.50. The van der Waals surface area contributed by atoms with Crippen LogP contribution in [0.15, 0.2) is 24.5 Å². The molecule has 1 saturated heterocycles. The molecule has 1 aliphatic heterocycles. The molecule has 0 amide bonds. The Kier molecular flexibility index (Phi) is 6.21. The van der Waals surface area contributed by atoms with Gasteiger partial charge in [0.05, 0.1) is 37.0 Å². The molecule has 0 N–H and O–H groups in total. The third kappa shape index (κ3) is 4.70. The molecule has 0 radical (unpaired) electrons. The molecule has 3 aromatic heterocycles. The van der Waals surface area contributed by atoms with Crippen molar-refractivity contribution in [3.63, 3.8) is 0 Å².